The van der Waals surface area contributed by atoms with Gasteiger partial charge in [0.1, 0.15) is 32.5 Å². The van der Waals surface area contributed by atoms with E-state index in [1.807, 2.05) is 6.07 Å². The average molecular weight is 459 g/mol. The summed E-state index contributed by atoms with van der Waals surface area (Å²) in [5.41, 5.74) is -1.09. The Morgan fingerprint density at radius 3 is 2.56 bits per heavy atom. The smallest absolute Gasteiger partial charge is 0.413 e. The van der Waals surface area contributed by atoms with E-state index in [-0.39, 0.29) is 21.6 Å². The summed E-state index contributed by atoms with van der Waals surface area (Å²) in [4.78, 5) is 41.1. The van der Waals surface area contributed by atoms with Crippen LogP contribution in [-0.2, 0) is 16.1 Å². The minimum atomic E-state index is -0.642. The molecule has 2 amide bonds. The van der Waals surface area contributed by atoms with E-state index in [1.165, 1.54) is 10.8 Å². The Morgan fingerprint density at radius 2 is 1.97 bits per heavy atom. The van der Waals surface area contributed by atoms with E-state index in [4.69, 9.17) is 4.74 Å². The Morgan fingerprint density at radius 1 is 1.28 bits per heavy atom. The number of ether oxygens (including phenoxy) is 1. The minimum absolute atomic E-state index is 0.114. The third kappa shape index (κ3) is 6.42. The molecule has 0 spiro atoms. The quantitative estimate of drug-likeness (QED) is 0.594. The predicted octanol–water partition coefficient (Wildman–Crippen LogP) is 1.33. The molecule has 10 nitrogen and oxygen atoms in total. The number of thiazole rings is 1. The van der Waals surface area contributed by atoms with Gasteiger partial charge in [-0.2, -0.15) is 5.26 Å². The van der Waals surface area contributed by atoms with Crippen LogP contribution in [-0.4, -0.2) is 33.7 Å². The summed E-state index contributed by atoms with van der Waals surface area (Å²) in [6, 6.07) is 6.83. The first kappa shape index (κ1) is 24.6. The second kappa shape index (κ2) is 10.6. The first-order valence-corrected chi connectivity index (χ1v) is 10.8. The number of aromatic nitrogens is 2. The van der Waals surface area contributed by atoms with E-state index in [9.17, 15) is 19.6 Å². The lowest BCUT2D eigenvalue weighted by Crippen LogP contribution is -2.34. The maximum absolute atomic E-state index is 12.7. The van der Waals surface area contributed by atoms with Gasteiger partial charge in [0.05, 0.1) is 0 Å². The summed E-state index contributed by atoms with van der Waals surface area (Å²) in [6.45, 7) is 9.44. The van der Waals surface area contributed by atoms with Crippen LogP contribution in [0, 0.1) is 11.3 Å². The molecule has 0 radical (unpaired) electrons. The van der Waals surface area contributed by atoms with Crippen molar-refractivity contribution in [2.75, 3.05) is 17.2 Å². The Kier molecular flexibility index (Phi) is 8.15. The van der Waals surface area contributed by atoms with Gasteiger partial charge in [-0.05, 0) is 46.8 Å². The highest BCUT2D eigenvalue weighted by molar-refractivity contribution is 7.07. The number of pyridine rings is 1. The van der Waals surface area contributed by atoms with Gasteiger partial charge in [-0.25, -0.2) is 9.78 Å². The van der Waals surface area contributed by atoms with Crippen LogP contribution in [0.3, 0.4) is 0 Å². The number of nitrogens with one attached hydrogen (secondary N) is 3. The van der Waals surface area contributed by atoms with Crippen molar-refractivity contribution in [3.8, 4) is 6.07 Å². The molecule has 0 saturated carbocycles. The van der Waals surface area contributed by atoms with Crippen molar-refractivity contribution in [1.82, 2.24) is 14.9 Å². The zero-order valence-corrected chi connectivity index (χ0v) is 19.4. The van der Waals surface area contributed by atoms with Crippen LogP contribution < -0.4 is 30.7 Å². The van der Waals surface area contributed by atoms with Crippen LogP contribution in [0.15, 0.2) is 23.0 Å². The van der Waals surface area contributed by atoms with E-state index >= 15 is 0 Å². The third-order valence-corrected chi connectivity index (χ3v) is 4.97. The molecule has 2 rings (SSSR count). The van der Waals surface area contributed by atoms with E-state index in [2.05, 4.69) is 20.9 Å². The standard InChI is InChI=1S/C21H26N6O4S/c1-6-23-17(28)13(11-22)19-27(7-2)18(29)14(32-19)12-24-15-9-8-10-16(25-15)26-20(30)31-21(3,4)5/h8-10,12H,6-7H2,1-5H3,(H,23,28)(H2,24,25,26,30). The molecule has 0 atom stereocenters. The largest absolute Gasteiger partial charge is 0.444 e. The Labute approximate surface area is 189 Å². The van der Waals surface area contributed by atoms with Gasteiger partial charge in [-0.3, -0.25) is 19.5 Å². The molecule has 0 aliphatic carbocycles. The van der Waals surface area contributed by atoms with E-state index in [0.29, 0.717) is 23.4 Å². The SMILES string of the molecule is CCNC(=O)C(C#N)=c1sc(=CNc2cccc(NC(=O)OC(C)(C)C)n2)c(=O)n1CC. The predicted molar refractivity (Wildman–Crippen MR) is 123 cm³/mol. The van der Waals surface area contributed by atoms with E-state index < -0.39 is 17.6 Å². The van der Waals surface area contributed by atoms with Crippen molar-refractivity contribution in [3.63, 3.8) is 0 Å². The molecule has 0 fully saturated rings. The Bertz CT molecular complexity index is 1220. The van der Waals surface area contributed by atoms with Crippen LogP contribution in [0.1, 0.15) is 34.6 Å². The number of rotatable bonds is 6. The number of hydrogen-bond donors (Lipinski definition) is 3. The topological polar surface area (TPSA) is 138 Å². The van der Waals surface area contributed by atoms with Crippen molar-refractivity contribution < 1.29 is 14.3 Å². The summed E-state index contributed by atoms with van der Waals surface area (Å²) in [5.74, 6) is 0.122. The van der Waals surface area contributed by atoms with Crippen LogP contribution in [0.25, 0.3) is 11.8 Å². The number of anilines is 2. The summed E-state index contributed by atoms with van der Waals surface area (Å²) in [6.07, 6.45) is 0.819. The molecule has 2 aromatic heterocycles. The zero-order valence-electron chi connectivity index (χ0n) is 18.6. The number of nitriles is 1. The van der Waals surface area contributed by atoms with Crippen LogP contribution in [0.2, 0.25) is 0 Å². The van der Waals surface area contributed by atoms with Crippen molar-refractivity contribution in [3.05, 3.63) is 37.7 Å². The third-order valence-electron chi connectivity index (χ3n) is 3.84. The number of carbonyl (C=O) groups is 2. The molecule has 2 aromatic rings. The second-order valence-corrected chi connectivity index (χ2v) is 8.52. The summed E-state index contributed by atoms with van der Waals surface area (Å²) < 4.78 is 7.16. The molecule has 11 heteroatoms. The molecule has 0 aliphatic heterocycles. The Hall–Kier alpha value is -3.65. The van der Waals surface area contributed by atoms with Crippen molar-refractivity contribution in [2.24, 2.45) is 0 Å². The molecule has 0 unspecified atom stereocenters. The zero-order chi connectivity index (χ0) is 23.9. The molecule has 0 saturated heterocycles. The van der Waals surface area contributed by atoms with Crippen LogP contribution >= 0.6 is 11.3 Å². The molecule has 0 aromatic carbocycles. The summed E-state index contributed by atoms with van der Waals surface area (Å²) in [5, 5.41) is 17.5. The first-order valence-electron chi connectivity index (χ1n) is 9.95. The number of carbonyl (C=O) groups excluding carboxylic acids is 2. The van der Waals surface area contributed by atoms with E-state index in [0.717, 1.165) is 11.3 Å². The monoisotopic (exact) mass is 458 g/mol. The Balaban J connectivity index is 2.37. The lowest BCUT2D eigenvalue weighted by Gasteiger charge is -2.19. The first-order chi connectivity index (χ1) is 15.1. The molecule has 0 aliphatic rings. The van der Waals surface area contributed by atoms with Gasteiger partial charge in [0.25, 0.3) is 11.5 Å². The van der Waals surface area contributed by atoms with Gasteiger partial charge >= 0.3 is 6.09 Å². The lowest BCUT2D eigenvalue weighted by atomic mass is 10.2. The highest BCUT2D eigenvalue weighted by atomic mass is 32.1. The van der Waals surface area contributed by atoms with Gasteiger partial charge in [0.15, 0.2) is 5.57 Å². The summed E-state index contributed by atoms with van der Waals surface area (Å²) >= 11 is 1.03. The second-order valence-electron chi connectivity index (χ2n) is 7.49. The molecule has 3 N–H and O–H groups in total. The molecular formula is C21H26N6O4S. The van der Waals surface area contributed by atoms with Gasteiger partial charge in [0.2, 0.25) is 0 Å². The van der Waals surface area contributed by atoms with Crippen LogP contribution in [0.4, 0.5) is 16.4 Å². The molecule has 32 heavy (non-hydrogen) atoms. The van der Waals surface area contributed by atoms with Gasteiger partial charge in [-0.15, -0.1) is 11.3 Å². The van der Waals surface area contributed by atoms with Crippen molar-refractivity contribution >= 4 is 46.7 Å². The normalized spacial score (nSPS) is 12.6. The number of nitrogens with zero attached hydrogens (tertiary/aromatic N) is 3. The van der Waals surface area contributed by atoms with Gasteiger partial charge in [0, 0.05) is 19.3 Å². The molecule has 2 heterocycles. The van der Waals surface area contributed by atoms with E-state index in [1.54, 1.807) is 52.8 Å². The fourth-order valence-corrected chi connectivity index (χ4v) is 3.66. The number of amides is 2. The molecular weight excluding hydrogens is 432 g/mol. The average Bonchev–Trinajstić information content (AvgIpc) is 3.01. The minimum Gasteiger partial charge on any atom is -0.444 e. The van der Waals surface area contributed by atoms with Gasteiger partial charge in [-0.1, -0.05) is 6.07 Å². The fourth-order valence-electron chi connectivity index (χ4n) is 2.57. The van der Waals surface area contributed by atoms with Crippen molar-refractivity contribution in [1.29, 1.82) is 5.26 Å². The summed E-state index contributed by atoms with van der Waals surface area (Å²) in [7, 11) is 0. The fraction of sp³-hybridized carbons (Fsp3) is 0.381. The van der Waals surface area contributed by atoms with Crippen molar-refractivity contribution in [2.45, 2.75) is 46.8 Å². The maximum Gasteiger partial charge on any atom is 0.413 e. The maximum atomic E-state index is 12.7. The van der Waals surface area contributed by atoms with Gasteiger partial charge < -0.3 is 15.4 Å². The highest BCUT2D eigenvalue weighted by Crippen LogP contribution is 2.12. The highest BCUT2D eigenvalue weighted by Gasteiger charge is 2.17. The lowest BCUT2D eigenvalue weighted by molar-refractivity contribution is -0.115. The van der Waals surface area contributed by atoms with Crippen LogP contribution in [0.5, 0.6) is 0 Å². The molecule has 0 bridgehead atoms. The number of hydrogen-bond acceptors (Lipinski definition) is 8. The molecule has 170 valence electrons.